The molecular formula is C13H25N3O3. The highest BCUT2D eigenvalue weighted by atomic mass is 16.4. The van der Waals surface area contributed by atoms with Crippen molar-refractivity contribution in [1.82, 2.24) is 15.5 Å². The van der Waals surface area contributed by atoms with Crippen LogP contribution in [0.3, 0.4) is 0 Å². The van der Waals surface area contributed by atoms with E-state index in [0.29, 0.717) is 18.9 Å². The summed E-state index contributed by atoms with van der Waals surface area (Å²) in [6, 6.07) is 0. The molecule has 0 radical (unpaired) electrons. The second-order valence-corrected chi connectivity index (χ2v) is 5.04. The van der Waals surface area contributed by atoms with Crippen LogP contribution in [0.2, 0.25) is 0 Å². The Balaban J connectivity index is 2.18. The highest BCUT2D eigenvalue weighted by molar-refractivity contribution is 5.75. The SMILES string of the molecule is CCNC(=O)CCN1CCCC(CNCC(=O)O)C1. The first-order valence-electron chi connectivity index (χ1n) is 7.03. The lowest BCUT2D eigenvalue weighted by atomic mass is 9.98. The molecule has 1 amide bonds. The summed E-state index contributed by atoms with van der Waals surface area (Å²) < 4.78 is 0. The fraction of sp³-hybridized carbons (Fsp3) is 0.846. The summed E-state index contributed by atoms with van der Waals surface area (Å²) in [6.45, 7) is 6.14. The average molecular weight is 271 g/mol. The first-order chi connectivity index (χ1) is 9.11. The third-order valence-electron chi connectivity index (χ3n) is 3.34. The van der Waals surface area contributed by atoms with Gasteiger partial charge in [-0.15, -0.1) is 0 Å². The smallest absolute Gasteiger partial charge is 0.317 e. The number of carboxylic acids is 1. The molecule has 6 nitrogen and oxygen atoms in total. The van der Waals surface area contributed by atoms with Crippen molar-refractivity contribution in [2.45, 2.75) is 26.2 Å². The van der Waals surface area contributed by atoms with Crippen LogP contribution in [0, 0.1) is 5.92 Å². The maximum atomic E-state index is 11.4. The molecule has 3 N–H and O–H groups in total. The number of carbonyl (C=O) groups is 2. The van der Waals surface area contributed by atoms with Crippen molar-refractivity contribution >= 4 is 11.9 Å². The number of carbonyl (C=O) groups excluding carboxylic acids is 1. The van der Waals surface area contributed by atoms with Crippen LogP contribution < -0.4 is 10.6 Å². The molecule has 0 aromatic rings. The standard InChI is InChI=1S/C13H25N3O3/c1-2-15-12(17)5-7-16-6-3-4-11(10-16)8-14-9-13(18)19/h11,14H,2-10H2,1H3,(H,15,17)(H,18,19). The summed E-state index contributed by atoms with van der Waals surface area (Å²) in [6.07, 6.45) is 2.79. The summed E-state index contributed by atoms with van der Waals surface area (Å²) >= 11 is 0. The van der Waals surface area contributed by atoms with E-state index in [9.17, 15) is 9.59 Å². The number of carboxylic acid groups (broad SMARTS) is 1. The van der Waals surface area contributed by atoms with Gasteiger partial charge in [0.05, 0.1) is 6.54 Å². The summed E-state index contributed by atoms with van der Waals surface area (Å²) in [5.74, 6) is -0.222. The number of nitrogens with one attached hydrogen (secondary N) is 2. The molecule has 1 aliphatic heterocycles. The Hall–Kier alpha value is -1.14. The van der Waals surface area contributed by atoms with Gasteiger partial charge in [0.15, 0.2) is 0 Å². The molecular weight excluding hydrogens is 246 g/mol. The lowest BCUT2D eigenvalue weighted by molar-refractivity contribution is -0.136. The lowest BCUT2D eigenvalue weighted by Crippen LogP contribution is -2.41. The van der Waals surface area contributed by atoms with Crippen LogP contribution in [0.4, 0.5) is 0 Å². The summed E-state index contributed by atoms with van der Waals surface area (Å²) in [5.41, 5.74) is 0. The van der Waals surface area contributed by atoms with Crippen molar-refractivity contribution in [2.75, 3.05) is 39.3 Å². The summed E-state index contributed by atoms with van der Waals surface area (Å²) in [5, 5.41) is 14.3. The Labute approximate surface area is 114 Å². The number of aliphatic carboxylic acids is 1. The van der Waals surface area contributed by atoms with Gasteiger partial charge in [-0.25, -0.2) is 0 Å². The van der Waals surface area contributed by atoms with Crippen LogP contribution in [0.1, 0.15) is 26.2 Å². The number of amides is 1. The maximum Gasteiger partial charge on any atom is 0.317 e. The topological polar surface area (TPSA) is 81.7 Å². The van der Waals surface area contributed by atoms with Crippen LogP contribution >= 0.6 is 0 Å². The minimum atomic E-state index is -0.816. The quantitative estimate of drug-likeness (QED) is 0.574. The predicted molar refractivity (Wildman–Crippen MR) is 73.0 cm³/mol. The fourth-order valence-electron chi connectivity index (χ4n) is 2.45. The van der Waals surface area contributed by atoms with Gasteiger partial charge in [0.2, 0.25) is 5.91 Å². The molecule has 19 heavy (non-hydrogen) atoms. The van der Waals surface area contributed by atoms with E-state index in [-0.39, 0.29) is 12.5 Å². The second kappa shape index (κ2) is 8.87. The molecule has 1 saturated heterocycles. The zero-order chi connectivity index (χ0) is 14.1. The van der Waals surface area contributed by atoms with E-state index in [1.807, 2.05) is 6.92 Å². The Kier molecular flexibility index (Phi) is 7.43. The van der Waals surface area contributed by atoms with Crippen LogP contribution in [0.15, 0.2) is 0 Å². The Bertz CT molecular complexity index is 297. The van der Waals surface area contributed by atoms with Crippen molar-refractivity contribution in [3.05, 3.63) is 0 Å². The van der Waals surface area contributed by atoms with Crippen molar-refractivity contribution in [2.24, 2.45) is 5.92 Å². The Morgan fingerprint density at radius 3 is 2.89 bits per heavy atom. The lowest BCUT2D eigenvalue weighted by Gasteiger charge is -2.32. The molecule has 0 saturated carbocycles. The van der Waals surface area contributed by atoms with Gasteiger partial charge >= 0.3 is 5.97 Å². The van der Waals surface area contributed by atoms with Gasteiger partial charge in [-0.1, -0.05) is 0 Å². The van der Waals surface area contributed by atoms with Crippen LogP contribution in [0.5, 0.6) is 0 Å². The van der Waals surface area contributed by atoms with E-state index in [4.69, 9.17) is 5.11 Å². The van der Waals surface area contributed by atoms with Gasteiger partial charge in [0.1, 0.15) is 0 Å². The molecule has 1 rings (SSSR count). The number of hydrogen-bond acceptors (Lipinski definition) is 4. The normalized spacial score (nSPS) is 20.2. The molecule has 0 spiro atoms. The average Bonchev–Trinajstić information content (AvgIpc) is 2.37. The van der Waals surface area contributed by atoms with Gasteiger partial charge in [-0.05, 0) is 38.8 Å². The zero-order valence-corrected chi connectivity index (χ0v) is 11.7. The third-order valence-corrected chi connectivity index (χ3v) is 3.34. The first kappa shape index (κ1) is 15.9. The molecule has 0 bridgehead atoms. The highest BCUT2D eigenvalue weighted by Gasteiger charge is 2.20. The molecule has 110 valence electrons. The molecule has 1 unspecified atom stereocenters. The predicted octanol–water partition coefficient (Wildman–Crippen LogP) is -0.101. The number of hydrogen-bond donors (Lipinski definition) is 3. The number of rotatable bonds is 8. The molecule has 0 aromatic carbocycles. The van der Waals surface area contributed by atoms with E-state index in [1.165, 1.54) is 0 Å². The van der Waals surface area contributed by atoms with Crippen LogP contribution in [-0.2, 0) is 9.59 Å². The van der Waals surface area contributed by atoms with E-state index < -0.39 is 5.97 Å². The second-order valence-electron chi connectivity index (χ2n) is 5.04. The summed E-state index contributed by atoms with van der Waals surface area (Å²) in [7, 11) is 0. The Morgan fingerprint density at radius 2 is 2.21 bits per heavy atom. The molecule has 1 fully saturated rings. The zero-order valence-electron chi connectivity index (χ0n) is 11.7. The monoisotopic (exact) mass is 271 g/mol. The van der Waals surface area contributed by atoms with E-state index >= 15 is 0 Å². The number of piperidine rings is 1. The van der Waals surface area contributed by atoms with E-state index in [2.05, 4.69) is 15.5 Å². The number of likely N-dealkylation sites (tertiary alicyclic amines) is 1. The molecule has 1 atom stereocenters. The van der Waals surface area contributed by atoms with Gasteiger partial charge in [0.25, 0.3) is 0 Å². The number of nitrogens with zero attached hydrogens (tertiary/aromatic N) is 1. The van der Waals surface area contributed by atoms with Gasteiger partial charge in [0, 0.05) is 26.1 Å². The summed E-state index contributed by atoms with van der Waals surface area (Å²) in [4.78, 5) is 24.1. The molecule has 1 heterocycles. The minimum Gasteiger partial charge on any atom is -0.480 e. The van der Waals surface area contributed by atoms with Crippen LogP contribution in [0.25, 0.3) is 0 Å². The van der Waals surface area contributed by atoms with E-state index in [1.54, 1.807) is 0 Å². The largest absolute Gasteiger partial charge is 0.480 e. The maximum absolute atomic E-state index is 11.4. The highest BCUT2D eigenvalue weighted by Crippen LogP contribution is 2.15. The molecule has 6 heteroatoms. The fourth-order valence-corrected chi connectivity index (χ4v) is 2.45. The molecule has 0 aliphatic carbocycles. The molecule has 0 aromatic heterocycles. The van der Waals surface area contributed by atoms with Crippen molar-refractivity contribution in [3.8, 4) is 0 Å². The Morgan fingerprint density at radius 1 is 1.42 bits per heavy atom. The first-order valence-corrected chi connectivity index (χ1v) is 7.03. The minimum absolute atomic E-state index is 0.0232. The van der Waals surface area contributed by atoms with Crippen LogP contribution in [-0.4, -0.2) is 61.2 Å². The molecule has 1 aliphatic rings. The van der Waals surface area contributed by atoms with Crippen molar-refractivity contribution < 1.29 is 14.7 Å². The van der Waals surface area contributed by atoms with Gasteiger partial charge in [-0.3, -0.25) is 9.59 Å². The van der Waals surface area contributed by atoms with Gasteiger partial charge in [-0.2, -0.15) is 0 Å². The van der Waals surface area contributed by atoms with Crippen molar-refractivity contribution in [3.63, 3.8) is 0 Å². The van der Waals surface area contributed by atoms with Gasteiger partial charge < -0.3 is 20.6 Å². The van der Waals surface area contributed by atoms with E-state index in [0.717, 1.165) is 39.0 Å². The third kappa shape index (κ3) is 7.12. The van der Waals surface area contributed by atoms with Crippen molar-refractivity contribution in [1.29, 1.82) is 0 Å².